The zero-order valence-corrected chi connectivity index (χ0v) is 15.2. The van der Waals surface area contributed by atoms with Gasteiger partial charge in [-0.25, -0.2) is 0 Å². The molecule has 0 spiro atoms. The SMILES string of the molecule is C#CCn1c(=NC(=O)c2ccccc2[N+](=O)[O-])sc2cccc(OCC)c21. The number of hydrogen-bond acceptors (Lipinski definition) is 5. The molecule has 0 saturated carbocycles. The van der Waals surface area contributed by atoms with Crippen LogP contribution in [0.15, 0.2) is 47.5 Å². The van der Waals surface area contributed by atoms with Crippen LogP contribution in [0.25, 0.3) is 10.2 Å². The molecule has 1 aromatic heterocycles. The van der Waals surface area contributed by atoms with Crippen molar-refractivity contribution >= 4 is 33.1 Å². The summed E-state index contributed by atoms with van der Waals surface area (Å²) in [5, 5.41) is 11.2. The predicted molar refractivity (Wildman–Crippen MR) is 103 cm³/mol. The number of carbonyl (C=O) groups excluding carboxylic acids is 1. The lowest BCUT2D eigenvalue weighted by atomic mass is 10.2. The van der Waals surface area contributed by atoms with Crippen LogP contribution in [-0.4, -0.2) is 22.0 Å². The van der Waals surface area contributed by atoms with E-state index in [1.165, 1.54) is 29.5 Å². The second-order valence-corrected chi connectivity index (χ2v) is 6.41. The molecule has 0 bridgehead atoms. The number of hydrogen-bond donors (Lipinski definition) is 0. The van der Waals surface area contributed by atoms with Gasteiger partial charge in [0.25, 0.3) is 11.6 Å². The molecule has 7 nitrogen and oxygen atoms in total. The molecule has 0 saturated heterocycles. The Morgan fingerprint density at radius 3 is 2.81 bits per heavy atom. The van der Waals surface area contributed by atoms with Crippen LogP contribution in [0.5, 0.6) is 5.75 Å². The van der Waals surface area contributed by atoms with Gasteiger partial charge < -0.3 is 9.30 Å². The lowest BCUT2D eigenvalue weighted by Gasteiger charge is -2.07. The molecule has 0 atom stereocenters. The van der Waals surface area contributed by atoms with E-state index in [4.69, 9.17) is 11.2 Å². The number of ether oxygens (including phenoxy) is 1. The molecule has 136 valence electrons. The largest absolute Gasteiger partial charge is 0.492 e. The van der Waals surface area contributed by atoms with Crippen molar-refractivity contribution < 1.29 is 14.5 Å². The third-order valence-corrected chi connectivity index (χ3v) is 4.79. The highest BCUT2D eigenvalue weighted by molar-refractivity contribution is 7.16. The Bertz CT molecular complexity index is 1140. The molecule has 3 rings (SSSR count). The molecule has 0 N–H and O–H groups in total. The van der Waals surface area contributed by atoms with E-state index in [1.54, 1.807) is 10.6 Å². The number of nitro groups is 1. The Hall–Kier alpha value is -3.44. The van der Waals surface area contributed by atoms with Gasteiger partial charge in [-0.15, -0.1) is 6.42 Å². The van der Waals surface area contributed by atoms with E-state index in [0.717, 1.165) is 10.2 Å². The van der Waals surface area contributed by atoms with Gasteiger partial charge in [0.2, 0.25) is 0 Å². The van der Waals surface area contributed by atoms with Crippen LogP contribution in [0.2, 0.25) is 0 Å². The van der Waals surface area contributed by atoms with E-state index in [9.17, 15) is 14.9 Å². The Labute approximate surface area is 158 Å². The number of terminal acetylenes is 1. The Kier molecular flexibility index (Phi) is 5.33. The number of rotatable bonds is 5. The predicted octanol–water partition coefficient (Wildman–Crippen LogP) is 3.38. The fraction of sp³-hybridized carbons (Fsp3) is 0.158. The molecule has 0 aliphatic heterocycles. The number of thiazole rings is 1. The molecule has 27 heavy (non-hydrogen) atoms. The van der Waals surface area contributed by atoms with E-state index < -0.39 is 10.8 Å². The third-order valence-electron chi connectivity index (χ3n) is 3.74. The summed E-state index contributed by atoms with van der Waals surface area (Å²) in [6.45, 7) is 2.54. The highest BCUT2D eigenvalue weighted by Crippen LogP contribution is 2.27. The van der Waals surface area contributed by atoms with E-state index in [0.29, 0.717) is 17.2 Å². The van der Waals surface area contributed by atoms with Crippen LogP contribution in [0.1, 0.15) is 17.3 Å². The summed E-state index contributed by atoms with van der Waals surface area (Å²) >= 11 is 1.27. The van der Waals surface area contributed by atoms with Gasteiger partial charge >= 0.3 is 0 Å². The molecule has 0 unspecified atom stereocenters. The number of nitro benzene ring substituents is 1. The summed E-state index contributed by atoms with van der Waals surface area (Å²) in [5.41, 5.74) is 0.388. The first kappa shape index (κ1) is 18.4. The van der Waals surface area contributed by atoms with Crippen molar-refractivity contribution in [3.05, 3.63) is 62.9 Å². The van der Waals surface area contributed by atoms with Gasteiger partial charge in [0, 0.05) is 6.07 Å². The van der Waals surface area contributed by atoms with Crippen molar-refractivity contribution in [2.75, 3.05) is 6.61 Å². The highest BCUT2D eigenvalue weighted by atomic mass is 32.1. The van der Waals surface area contributed by atoms with Crippen LogP contribution in [0.3, 0.4) is 0 Å². The van der Waals surface area contributed by atoms with E-state index in [2.05, 4.69) is 10.9 Å². The average Bonchev–Trinajstić information content (AvgIpc) is 3.00. The number of benzene rings is 2. The molecule has 0 fully saturated rings. The molecule has 0 aliphatic carbocycles. The standard InChI is InChI=1S/C19H15N3O4S/c1-3-12-21-17-15(26-4-2)10-7-11-16(17)27-19(21)20-18(23)13-8-5-6-9-14(13)22(24)25/h1,5-11H,4,12H2,2H3. The van der Waals surface area contributed by atoms with Crippen molar-refractivity contribution in [3.8, 4) is 18.1 Å². The van der Waals surface area contributed by atoms with Crippen molar-refractivity contribution in [1.82, 2.24) is 4.57 Å². The van der Waals surface area contributed by atoms with Crippen molar-refractivity contribution in [2.45, 2.75) is 13.5 Å². The van der Waals surface area contributed by atoms with Gasteiger partial charge in [-0.1, -0.05) is 35.5 Å². The van der Waals surface area contributed by atoms with Crippen molar-refractivity contribution in [2.24, 2.45) is 4.99 Å². The normalized spacial score (nSPS) is 11.3. The van der Waals surface area contributed by atoms with Crippen LogP contribution < -0.4 is 9.54 Å². The fourth-order valence-electron chi connectivity index (χ4n) is 2.65. The first-order valence-corrected chi connectivity index (χ1v) is 8.89. The van der Waals surface area contributed by atoms with Gasteiger partial charge in [-0.2, -0.15) is 4.99 Å². The van der Waals surface area contributed by atoms with Crippen LogP contribution in [0, 0.1) is 22.5 Å². The van der Waals surface area contributed by atoms with Gasteiger partial charge in [-0.3, -0.25) is 14.9 Å². The quantitative estimate of drug-likeness (QED) is 0.385. The zero-order valence-electron chi connectivity index (χ0n) is 14.4. The van der Waals surface area contributed by atoms with Crippen molar-refractivity contribution in [3.63, 3.8) is 0 Å². The van der Waals surface area contributed by atoms with Gasteiger partial charge in [0.1, 0.15) is 16.8 Å². The second kappa shape index (κ2) is 7.85. The maximum absolute atomic E-state index is 12.6. The van der Waals surface area contributed by atoms with Gasteiger partial charge in [0.05, 0.1) is 22.8 Å². The van der Waals surface area contributed by atoms with E-state index in [1.807, 2.05) is 25.1 Å². The minimum absolute atomic E-state index is 0.0720. The lowest BCUT2D eigenvalue weighted by Crippen LogP contribution is -2.17. The third kappa shape index (κ3) is 3.59. The molecule has 0 aliphatic rings. The van der Waals surface area contributed by atoms with Crippen molar-refractivity contribution in [1.29, 1.82) is 0 Å². The minimum Gasteiger partial charge on any atom is -0.492 e. The molecule has 0 radical (unpaired) electrons. The number of aromatic nitrogens is 1. The molecular weight excluding hydrogens is 366 g/mol. The number of para-hydroxylation sites is 2. The summed E-state index contributed by atoms with van der Waals surface area (Å²) in [6, 6.07) is 11.3. The fourth-order valence-corrected chi connectivity index (χ4v) is 3.70. The zero-order chi connectivity index (χ0) is 19.4. The average molecular weight is 381 g/mol. The summed E-state index contributed by atoms with van der Waals surface area (Å²) in [5.74, 6) is 2.49. The Morgan fingerprint density at radius 1 is 1.33 bits per heavy atom. The first-order valence-electron chi connectivity index (χ1n) is 8.08. The van der Waals surface area contributed by atoms with Crippen LogP contribution in [0.4, 0.5) is 5.69 Å². The van der Waals surface area contributed by atoms with Crippen LogP contribution >= 0.6 is 11.3 Å². The maximum Gasteiger partial charge on any atom is 0.286 e. The number of fused-ring (bicyclic) bond motifs is 1. The molecule has 3 aromatic rings. The summed E-state index contributed by atoms with van der Waals surface area (Å²) < 4.78 is 8.22. The minimum atomic E-state index is -0.697. The molecule has 8 heteroatoms. The van der Waals surface area contributed by atoms with Crippen LogP contribution in [-0.2, 0) is 6.54 Å². The van der Waals surface area contributed by atoms with Gasteiger partial charge in [0.15, 0.2) is 4.80 Å². The monoisotopic (exact) mass is 381 g/mol. The number of carbonyl (C=O) groups is 1. The summed E-state index contributed by atoms with van der Waals surface area (Å²) in [4.78, 5) is 27.7. The first-order chi connectivity index (χ1) is 13.1. The van der Waals surface area contributed by atoms with E-state index >= 15 is 0 Å². The maximum atomic E-state index is 12.6. The Balaban J connectivity index is 2.21. The van der Waals surface area contributed by atoms with Gasteiger partial charge in [-0.05, 0) is 25.1 Å². The molecule has 1 heterocycles. The smallest absolute Gasteiger partial charge is 0.286 e. The summed E-state index contributed by atoms with van der Waals surface area (Å²) in [7, 11) is 0. The molecule has 1 amide bonds. The number of nitrogens with zero attached hydrogens (tertiary/aromatic N) is 3. The topological polar surface area (TPSA) is 86.7 Å². The van der Waals surface area contributed by atoms with E-state index in [-0.39, 0.29) is 17.8 Å². The lowest BCUT2D eigenvalue weighted by molar-refractivity contribution is -0.385. The second-order valence-electron chi connectivity index (χ2n) is 5.40. The molecular formula is C19H15N3O4S. The molecule has 2 aromatic carbocycles. The number of amides is 1. The highest BCUT2D eigenvalue weighted by Gasteiger charge is 2.19. The summed E-state index contributed by atoms with van der Waals surface area (Å²) in [6.07, 6.45) is 5.49. The Morgan fingerprint density at radius 2 is 2.11 bits per heavy atom.